The Bertz CT molecular complexity index is 531. The Kier molecular flexibility index (Phi) is 3.56. The molecule has 0 amide bonds. The van der Waals surface area contributed by atoms with Crippen LogP contribution in [0.25, 0.3) is 10.9 Å². The van der Waals surface area contributed by atoms with E-state index in [1.165, 1.54) is 0 Å². The normalized spacial score (nSPS) is 12.2. The van der Waals surface area contributed by atoms with Crippen molar-refractivity contribution in [3.05, 3.63) is 30.0 Å². The Morgan fingerprint density at radius 2 is 2.00 bits per heavy atom. The molecule has 2 rings (SSSR count). The Morgan fingerprint density at radius 1 is 1.28 bits per heavy atom. The van der Waals surface area contributed by atoms with Crippen molar-refractivity contribution in [1.29, 1.82) is 0 Å². The quantitative estimate of drug-likeness (QED) is 0.853. The minimum absolute atomic E-state index is 0.0889. The van der Waals surface area contributed by atoms with Gasteiger partial charge in [0.25, 0.3) is 0 Å². The van der Waals surface area contributed by atoms with E-state index >= 15 is 0 Å². The molecule has 1 N–H and O–H groups in total. The predicted molar refractivity (Wildman–Crippen MR) is 63.1 cm³/mol. The van der Waals surface area contributed by atoms with Crippen LogP contribution in [0.3, 0.4) is 0 Å². The van der Waals surface area contributed by atoms with Crippen LogP contribution in [0.5, 0.6) is 0 Å². The van der Waals surface area contributed by atoms with E-state index < -0.39 is 12.6 Å². The minimum atomic E-state index is -4.11. The summed E-state index contributed by atoms with van der Waals surface area (Å²) in [5, 5.41) is 8.04. The lowest BCUT2D eigenvalue weighted by atomic mass is 10.2. The number of aromatic nitrogens is 2. The van der Waals surface area contributed by atoms with Gasteiger partial charge in [-0.2, -0.15) is 18.3 Å². The molecular formula is C12H14F3N3. The molecule has 18 heavy (non-hydrogen) atoms. The molecule has 0 aliphatic rings. The molecule has 1 aromatic heterocycles. The van der Waals surface area contributed by atoms with Crippen molar-refractivity contribution < 1.29 is 13.2 Å². The molecule has 0 unspecified atom stereocenters. The number of alkyl halides is 3. The van der Waals surface area contributed by atoms with E-state index in [1.807, 2.05) is 31.3 Å². The fourth-order valence-electron chi connectivity index (χ4n) is 1.86. The summed E-state index contributed by atoms with van der Waals surface area (Å²) in [4.78, 5) is 0. The van der Waals surface area contributed by atoms with Gasteiger partial charge in [0, 0.05) is 25.5 Å². The van der Waals surface area contributed by atoms with Crippen LogP contribution in [0.15, 0.2) is 24.3 Å². The highest BCUT2D eigenvalue weighted by atomic mass is 19.4. The maximum atomic E-state index is 12.0. The summed E-state index contributed by atoms with van der Waals surface area (Å²) in [5.41, 5.74) is 1.75. The molecule has 6 heteroatoms. The lowest BCUT2D eigenvalue weighted by Gasteiger charge is -2.06. The number of nitrogens with zero attached hydrogens (tertiary/aromatic N) is 2. The predicted octanol–water partition coefficient (Wildman–Crippen LogP) is 2.62. The number of hydrogen-bond acceptors (Lipinski definition) is 2. The first-order valence-electron chi connectivity index (χ1n) is 5.65. The lowest BCUT2D eigenvalue weighted by Crippen LogP contribution is -2.21. The second-order valence-electron chi connectivity index (χ2n) is 4.13. The van der Waals surface area contributed by atoms with E-state index in [2.05, 4.69) is 10.4 Å². The SMILES string of the molecule is Cn1nc(CNCCC(F)(F)F)c2ccccc21. The van der Waals surface area contributed by atoms with Gasteiger partial charge in [-0.25, -0.2) is 0 Å². The number of hydrogen-bond donors (Lipinski definition) is 1. The van der Waals surface area contributed by atoms with Gasteiger partial charge in [0.1, 0.15) is 0 Å². The molecule has 0 bridgehead atoms. The zero-order valence-electron chi connectivity index (χ0n) is 9.96. The van der Waals surface area contributed by atoms with Crippen molar-refractivity contribution >= 4 is 10.9 Å². The highest BCUT2D eigenvalue weighted by molar-refractivity contribution is 5.81. The van der Waals surface area contributed by atoms with E-state index in [-0.39, 0.29) is 6.54 Å². The molecule has 0 spiro atoms. The van der Waals surface area contributed by atoms with Crippen molar-refractivity contribution in [2.45, 2.75) is 19.1 Å². The molecule has 0 radical (unpaired) electrons. The molecule has 1 heterocycles. The van der Waals surface area contributed by atoms with Gasteiger partial charge in [0.2, 0.25) is 0 Å². The summed E-state index contributed by atoms with van der Waals surface area (Å²) in [7, 11) is 1.82. The third-order valence-corrected chi connectivity index (χ3v) is 2.71. The van der Waals surface area contributed by atoms with E-state index in [0.717, 1.165) is 16.6 Å². The highest BCUT2D eigenvalue weighted by Crippen LogP contribution is 2.19. The molecule has 0 aliphatic carbocycles. The second kappa shape index (κ2) is 4.97. The van der Waals surface area contributed by atoms with E-state index in [1.54, 1.807) is 4.68 Å². The molecule has 98 valence electrons. The van der Waals surface area contributed by atoms with Crippen molar-refractivity contribution in [3.63, 3.8) is 0 Å². The average molecular weight is 257 g/mol. The molecular weight excluding hydrogens is 243 g/mol. The molecule has 0 saturated heterocycles. The maximum Gasteiger partial charge on any atom is 0.390 e. The fourth-order valence-corrected chi connectivity index (χ4v) is 1.86. The molecule has 2 aromatic rings. The molecule has 1 aromatic carbocycles. The van der Waals surface area contributed by atoms with Gasteiger partial charge < -0.3 is 5.32 Å². The first kappa shape index (κ1) is 12.9. The van der Waals surface area contributed by atoms with Gasteiger partial charge in [0.15, 0.2) is 0 Å². The molecule has 0 saturated carbocycles. The number of benzene rings is 1. The van der Waals surface area contributed by atoms with Gasteiger partial charge in [-0.1, -0.05) is 18.2 Å². The van der Waals surface area contributed by atoms with Crippen molar-refractivity contribution in [3.8, 4) is 0 Å². The molecule has 0 aliphatic heterocycles. The summed E-state index contributed by atoms with van der Waals surface area (Å²) < 4.78 is 37.7. The first-order chi connectivity index (χ1) is 8.47. The van der Waals surface area contributed by atoms with Gasteiger partial charge >= 0.3 is 6.18 Å². The van der Waals surface area contributed by atoms with E-state index in [0.29, 0.717) is 6.54 Å². The number of halogens is 3. The van der Waals surface area contributed by atoms with Crippen molar-refractivity contribution in [2.24, 2.45) is 7.05 Å². The Labute approximate surface area is 103 Å². The first-order valence-corrected chi connectivity index (χ1v) is 5.65. The summed E-state index contributed by atoms with van der Waals surface area (Å²) in [6, 6.07) is 7.65. The average Bonchev–Trinajstić information content (AvgIpc) is 2.62. The number of para-hydroxylation sites is 1. The minimum Gasteiger partial charge on any atom is -0.311 e. The molecule has 0 atom stereocenters. The molecule has 0 fully saturated rings. The zero-order valence-corrected chi connectivity index (χ0v) is 9.96. The van der Waals surface area contributed by atoms with Crippen molar-refractivity contribution in [1.82, 2.24) is 15.1 Å². The molecule has 3 nitrogen and oxygen atoms in total. The van der Waals surface area contributed by atoms with Gasteiger partial charge in [-0.05, 0) is 6.07 Å². The van der Waals surface area contributed by atoms with Gasteiger partial charge in [-0.15, -0.1) is 0 Å². The van der Waals surface area contributed by atoms with Crippen LogP contribution >= 0.6 is 0 Å². The number of rotatable bonds is 4. The third kappa shape index (κ3) is 3.01. The van der Waals surface area contributed by atoms with Crippen LogP contribution < -0.4 is 5.32 Å². The van der Waals surface area contributed by atoms with Crippen LogP contribution in [0.4, 0.5) is 13.2 Å². The summed E-state index contributed by atoms with van der Waals surface area (Å²) in [6.07, 6.45) is -4.93. The second-order valence-corrected chi connectivity index (χ2v) is 4.13. The fraction of sp³-hybridized carbons (Fsp3) is 0.417. The van der Waals surface area contributed by atoms with Gasteiger partial charge in [-0.3, -0.25) is 4.68 Å². The number of nitrogens with one attached hydrogen (secondary N) is 1. The highest BCUT2D eigenvalue weighted by Gasteiger charge is 2.25. The summed E-state index contributed by atoms with van der Waals surface area (Å²) >= 11 is 0. The van der Waals surface area contributed by atoms with Crippen LogP contribution in [0, 0.1) is 0 Å². The van der Waals surface area contributed by atoms with Crippen molar-refractivity contribution in [2.75, 3.05) is 6.54 Å². The summed E-state index contributed by atoms with van der Waals surface area (Å²) in [5.74, 6) is 0. The maximum absolute atomic E-state index is 12.0. The monoisotopic (exact) mass is 257 g/mol. The van der Waals surface area contributed by atoms with Crippen LogP contribution in [-0.2, 0) is 13.6 Å². The van der Waals surface area contributed by atoms with E-state index in [4.69, 9.17) is 0 Å². The Morgan fingerprint density at radius 3 is 2.72 bits per heavy atom. The topological polar surface area (TPSA) is 29.9 Å². The number of aryl methyl sites for hydroxylation is 1. The third-order valence-electron chi connectivity index (χ3n) is 2.71. The van der Waals surface area contributed by atoms with Crippen LogP contribution in [0.1, 0.15) is 12.1 Å². The van der Waals surface area contributed by atoms with E-state index in [9.17, 15) is 13.2 Å². The Hall–Kier alpha value is -1.56. The van der Waals surface area contributed by atoms with Crippen LogP contribution in [-0.4, -0.2) is 22.5 Å². The lowest BCUT2D eigenvalue weighted by molar-refractivity contribution is -0.133. The van der Waals surface area contributed by atoms with Gasteiger partial charge in [0.05, 0.1) is 17.6 Å². The Balaban J connectivity index is 2.00. The standard InChI is InChI=1S/C12H14F3N3/c1-18-11-5-3-2-4-9(11)10(17-18)8-16-7-6-12(13,14)15/h2-5,16H,6-8H2,1H3. The largest absolute Gasteiger partial charge is 0.390 e. The zero-order chi connectivity index (χ0) is 13.2. The smallest absolute Gasteiger partial charge is 0.311 e. The van der Waals surface area contributed by atoms with Crippen LogP contribution in [0.2, 0.25) is 0 Å². The number of fused-ring (bicyclic) bond motifs is 1. The summed E-state index contributed by atoms with van der Waals surface area (Å²) in [6.45, 7) is 0.256.